The quantitative estimate of drug-likeness (QED) is 0.741. The number of allylic oxidation sites excluding steroid dienone is 1. The molecule has 0 aromatic heterocycles. The predicted molar refractivity (Wildman–Crippen MR) is 66.0 cm³/mol. The third kappa shape index (κ3) is 2.15. The van der Waals surface area contributed by atoms with Gasteiger partial charge in [-0.2, -0.15) is 0 Å². The minimum absolute atomic E-state index is 0.500. The van der Waals surface area contributed by atoms with Crippen LogP contribution in [0.2, 0.25) is 0 Å². The van der Waals surface area contributed by atoms with Crippen LogP contribution in [-0.2, 0) is 0 Å². The van der Waals surface area contributed by atoms with Crippen molar-refractivity contribution in [2.24, 2.45) is 5.92 Å². The van der Waals surface area contributed by atoms with E-state index >= 15 is 0 Å². The molecule has 0 aliphatic carbocycles. The maximum absolute atomic E-state index is 5.92. The highest BCUT2D eigenvalue weighted by atomic mass is 16.6. The van der Waals surface area contributed by atoms with E-state index in [1.165, 1.54) is 0 Å². The molecule has 1 saturated heterocycles. The number of piperidine rings is 1. The van der Waals surface area contributed by atoms with E-state index in [1.54, 1.807) is 6.26 Å². The largest absolute Gasteiger partial charge is 0.458 e. The lowest BCUT2D eigenvalue weighted by Crippen LogP contribution is -2.32. The zero-order chi connectivity index (χ0) is 11.7. The van der Waals surface area contributed by atoms with Crippen molar-refractivity contribution in [1.82, 2.24) is 4.90 Å². The topological polar surface area (TPSA) is 21.7 Å². The lowest BCUT2D eigenvalue weighted by Gasteiger charge is -2.31. The van der Waals surface area contributed by atoms with Gasteiger partial charge in [0.25, 0.3) is 0 Å². The minimum Gasteiger partial charge on any atom is -0.458 e. The van der Waals surface area contributed by atoms with Gasteiger partial charge in [0.1, 0.15) is 12.0 Å². The summed E-state index contributed by atoms with van der Waals surface area (Å²) in [6.45, 7) is 2.26. The normalized spacial score (nSPS) is 21.1. The summed E-state index contributed by atoms with van der Waals surface area (Å²) in [4.78, 5) is 2.36. The van der Waals surface area contributed by atoms with Crippen LogP contribution in [0.4, 0.5) is 0 Å². The first-order valence-electron chi connectivity index (χ1n) is 6.15. The number of fused-ring (bicyclic) bond motifs is 1. The van der Waals surface area contributed by atoms with Gasteiger partial charge in [0.2, 0.25) is 0 Å². The first kappa shape index (κ1) is 10.7. The number of hydrogen-bond acceptors (Lipinski definition) is 3. The number of para-hydroxylation sites is 2. The summed E-state index contributed by atoms with van der Waals surface area (Å²) in [5.41, 5.74) is 0. The molecule has 17 heavy (non-hydrogen) atoms. The summed E-state index contributed by atoms with van der Waals surface area (Å²) in [7, 11) is 2.16. The number of nitrogens with zero attached hydrogens (tertiary/aromatic N) is 1. The van der Waals surface area contributed by atoms with Gasteiger partial charge in [0.05, 0.1) is 0 Å². The van der Waals surface area contributed by atoms with Gasteiger partial charge in [0.15, 0.2) is 11.5 Å². The van der Waals surface area contributed by atoms with E-state index in [4.69, 9.17) is 9.47 Å². The highest BCUT2D eigenvalue weighted by molar-refractivity contribution is 5.42. The van der Waals surface area contributed by atoms with Crippen molar-refractivity contribution in [3.63, 3.8) is 0 Å². The summed E-state index contributed by atoms with van der Waals surface area (Å²) in [5.74, 6) is 3.13. The second-order valence-electron chi connectivity index (χ2n) is 4.76. The van der Waals surface area contributed by atoms with Crippen LogP contribution in [0.5, 0.6) is 11.5 Å². The van der Waals surface area contributed by atoms with Gasteiger partial charge in [-0.3, -0.25) is 0 Å². The Kier molecular flexibility index (Phi) is 2.77. The third-order valence-corrected chi connectivity index (χ3v) is 3.50. The van der Waals surface area contributed by atoms with Crippen molar-refractivity contribution in [2.75, 3.05) is 20.1 Å². The molecule has 0 bridgehead atoms. The molecule has 3 heteroatoms. The molecule has 0 unspecified atom stereocenters. The van der Waals surface area contributed by atoms with E-state index in [0.29, 0.717) is 5.92 Å². The molecule has 0 amide bonds. The smallest absolute Gasteiger partial charge is 0.169 e. The number of ether oxygens (including phenoxy) is 2. The van der Waals surface area contributed by atoms with Gasteiger partial charge in [-0.05, 0) is 45.1 Å². The Bertz CT molecular complexity index is 434. The Hall–Kier alpha value is -1.48. The number of rotatable bonds is 1. The average molecular weight is 231 g/mol. The zero-order valence-corrected chi connectivity index (χ0v) is 10.1. The maximum Gasteiger partial charge on any atom is 0.169 e. The summed E-state index contributed by atoms with van der Waals surface area (Å²) >= 11 is 0. The van der Waals surface area contributed by atoms with E-state index in [0.717, 1.165) is 43.2 Å². The first-order chi connectivity index (χ1) is 8.33. The van der Waals surface area contributed by atoms with Crippen LogP contribution < -0.4 is 9.47 Å². The number of likely N-dealkylation sites (tertiary alicyclic amines) is 1. The molecule has 3 nitrogen and oxygen atoms in total. The first-order valence-corrected chi connectivity index (χ1v) is 6.15. The Morgan fingerprint density at radius 1 is 1.12 bits per heavy atom. The SMILES string of the molecule is CN1CCC(C2=COc3ccccc3O2)CC1. The van der Waals surface area contributed by atoms with Crippen molar-refractivity contribution < 1.29 is 9.47 Å². The van der Waals surface area contributed by atoms with Crippen LogP contribution >= 0.6 is 0 Å². The van der Waals surface area contributed by atoms with Gasteiger partial charge in [-0.15, -0.1) is 0 Å². The van der Waals surface area contributed by atoms with Crippen molar-refractivity contribution >= 4 is 0 Å². The van der Waals surface area contributed by atoms with Crippen LogP contribution in [0.3, 0.4) is 0 Å². The van der Waals surface area contributed by atoms with Crippen LogP contribution in [0.1, 0.15) is 12.8 Å². The van der Waals surface area contributed by atoms with Crippen molar-refractivity contribution in [3.8, 4) is 11.5 Å². The van der Waals surface area contributed by atoms with Gasteiger partial charge in [-0.1, -0.05) is 12.1 Å². The number of benzene rings is 1. The molecule has 0 atom stereocenters. The molecule has 2 aliphatic rings. The second-order valence-corrected chi connectivity index (χ2v) is 4.76. The van der Waals surface area contributed by atoms with Crippen molar-refractivity contribution in [2.45, 2.75) is 12.8 Å². The summed E-state index contributed by atoms with van der Waals surface area (Å²) < 4.78 is 11.5. The van der Waals surface area contributed by atoms with E-state index in [-0.39, 0.29) is 0 Å². The molecule has 0 N–H and O–H groups in total. The van der Waals surface area contributed by atoms with Crippen LogP contribution in [0.25, 0.3) is 0 Å². The fourth-order valence-corrected chi connectivity index (χ4v) is 2.38. The van der Waals surface area contributed by atoms with Gasteiger partial charge < -0.3 is 14.4 Å². The van der Waals surface area contributed by atoms with Crippen LogP contribution in [0, 0.1) is 5.92 Å². The highest BCUT2D eigenvalue weighted by Gasteiger charge is 2.25. The monoisotopic (exact) mass is 231 g/mol. The summed E-state index contributed by atoms with van der Waals surface area (Å²) in [6.07, 6.45) is 4.07. The van der Waals surface area contributed by atoms with E-state index in [2.05, 4.69) is 11.9 Å². The zero-order valence-electron chi connectivity index (χ0n) is 10.1. The van der Waals surface area contributed by atoms with Gasteiger partial charge >= 0.3 is 0 Å². The molecular formula is C14H17NO2. The van der Waals surface area contributed by atoms with Crippen LogP contribution in [-0.4, -0.2) is 25.0 Å². The van der Waals surface area contributed by atoms with Gasteiger partial charge in [-0.25, -0.2) is 0 Å². The van der Waals surface area contributed by atoms with E-state index in [1.807, 2.05) is 24.3 Å². The average Bonchev–Trinajstić information content (AvgIpc) is 2.39. The third-order valence-electron chi connectivity index (χ3n) is 3.50. The Morgan fingerprint density at radius 2 is 1.82 bits per heavy atom. The molecule has 0 spiro atoms. The van der Waals surface area contributed by atoms with Crippen LogP contribution in [0.15, 0.2) is 36.3 Å². The summed E-state index contributed by atoms with van der Waals surface area (Å²) in [6, 6.07) is 7.81. The molecule has 2 aliphatic heterocycles. The molecule has 90 valence electrons. The summed E-state index contributed by atoms with van der Waals surface area (Å²) in [5, 5.41) is 0. The number of hydrogen-bond donors (Lipinski definition) is 0. The van der Waals surface area contributed by atoms with E-state index < -0.39 is 0 Å². The van der Waals surface area contributed by atoms with E-state index in [9.17, 15) is 0 Å². The molecule has 1 aromatic rings. The Morgan fingerprint density at radius 3 is 2.59 bits per heavy atom. The van der Waals surface area contributed by atoms with Crippen molar-refractivity contribution in [1.29, 1.82) is 0 Å². The highest BCUT2D eigenvalue weighted by Crippen LogP contribution is 2.36. The maximum atomic E-state index is 5.92. The van der Waals surface area contributed by atoms with Crippen molar-refractivity contribution in [3.05, 3.63) is 36.3 Å². The molecule has 0 saturated carbocycles. The fourth-order valence-electron chi connectivity index (χ4n) is 2.38. The Balaban J connectivity index is 1.73. The molecule has 3 rings (SSSR count). The minimum atomic E-state index is 0.500. The lowest BCUT2D eigenvalue weighted by molar-refractivity contribution is 0.190. The Labute approximate surface area is 102 Å². The fraction of sp³-hybridized carbons (Fsp3) is 0.429. The molecular weight excluding hydrogens is 214 g/mol. The predicted octanol–water partition coefficient (Wildman–Crippen LogP) is 2.64. The molecule has 2 heterocycles. The molecule has 0 radical (unpaired) electrons. The standard InChI is InChI=1S/C14H17NO2/c1-15-8-6-11(7-9-15)14-10-16-12-4-2-3-5-13(12)17-14/h2-5,10-11H,6-9H2,1H3. The molecule has 1 aromatic carbocycles. The lowest BCUT2D eigenvalue weighted by atomic mass is 9.95. The second kappa shape index (κ2) is 4.41. The molecule has 1 fully saturated rings. The van der Waals surface area contributed by atoms with Gasteiger partial charge in [0, 0.05) is 5.92 Å².